The molecule has 1 saturated heterocycles. The maximum atomic E-state index is 12.7. The van der Waals surface area contributed by atoms with Crippen LogP contribution in [0, 0.1) is 0 Å². The predicted octanol–water partition coefficient (Wildman–Crippen LogP) is 4.10. The van der Waals surface area contributed by atoms with Crippen molar-refractivity contribution >= 4 is 18.0 Å². The normalized spacial score (nSPS) is 26.6. The van der Waals surface area contributed by atoms with Crippen LogP contribution in [0.2, 0.25) is 0 Å². The minimum Gasteiger partial charge on any atom is -0.497 e. The number of benzene rings is 1. The molecule has 2 fully saturated rings. The summed E-state index contributed by atoms with van der Waals surface area (Å²) in [5, 5.41) is 3.19. The molecule has 1 aromatic heterocycles. The van der Waals surface area contributed by atoms with Gasteiger partial charge in [-0.2, -0.15) is 0 Å². The van der Waals surface area contributed by atoms with Gasteiger partial charge in [0.15, 0.2) is 0 Å². The number of rotatable bonds is 8. The maximum Gasteiger partial charge on any atom is 0.303 e. The molecule has 0 unspecified atom stereocenters. The van der Waals surface area contributed by atoms with E-state index in [0.29, 0.717) is 25.8 Å². The van der Waals surface area contributed by atoms with Crippen LogP contribution in [0.1, 0.15) is 43.7 Å². The van der Waals surface area contributed by atoms with Crippen LogP contribution in [0.25, 0.3) is 6.08 Å². The number of ether oxygens (including phenoxy) is 2. The zero-order valence-electron chi connectivity index (χ0n) is 20.5. The number of carbonyl (C=O) groups excluding carboxylic acids is 2. The summed E-state index contributed by atoms with van der Waals surface area (Å²) in [4.78, 5) is 27.4. The summed E-state index contributed by atoms with van der Waals surface area (Å²) in [5.74, 6) is 0.320. The Morgan fingerprint density at radius 2 is 2.17 bits per heavy atom. The van der Waals surface area contributed by atoms with Crippen LogP contribution in [0.15, 0.2) is 66.0 Å². The highest BCUT2D eigenvalue weighted by Gasteiger charge is 2.60. The number of carbonyl (C=O) groups is 2. The molecule has 4 rings (SSSR count). The molecule has 2 heterocycles. The molecule has 1 aliphatic heterocycles. The van der Waals surface area contributed by atoms with E-state index in [1.54, 1.807) is 31.8 Å². The van der Waals surface area contributed by atoms with Crippen molar-refractivity contribution in [1.29, 1.82) is 0 Å². The second-order valence-electron chi connectivity index (χ2n) is 9.51. The van der Waals surface area contributed by atoms with Crippen LogP contribution >= 0.6 is 0 Å². The Labute approximate surface area is 206 Å². The van der Waals surface area contributed by atoms with E-state index in [1.165, 1.54) is 13.0 Å². The highest BCUT2D eigenvalue weighted by atomic mass is 16.6. The van der Waals surface area contributed by atoms with Crippen molar-refractivity contribution in [2.75, 3.05) is 26.7 Å². The lowest BCUT2D eigenvalue weighted by Gasteiger charge is -2.59. The molecule has 2 aromatic rings. The van der Waals surface area contributed by atoms with Crippen molar-refractivity contribution < 1.29 is 23.5 Å². The second-order valence-corrected chi connectivity index (χ2v) is 9.51. The molecule has 1 N–H and O–H groups in total. The number of methoxy groups -OCH3 is 1. The molecule has 1 saturated carbocycles. The first-order valence-electron chi connectivity index (χ1n) is 12.1. The van der Waals surface area contributed by atoms with Gasteiger partial charge in [-0.15, -0.1) is 6.58 Å². The first-order chi connectivity index (χ1) is 16.9. The molecular formula is C28H34N2O5. The standard InChI is InChI=1S/C28H34N2O5/c1-4-14-30-15-13-27(23-6-5-7-25(17-23)33-3)18-24(10-12-28(27,20-30)35-21(2)31)29-26(32)9-8-22-11-16-34-19-22/h4-9,11,16-17,19,24H,1,10,12-15,18,20H2,2-3H3,(H,29,32)/t24-,27+,28+/m1/s1. The van der Waals surface area contributed by atoms with Gasteiger partial charge < -0.3 is 19.2 Å². The van der Waals surface area contributed by atoms with E-state index in [1.807, 2.05) is 24.3 Å². The van der Waals surface area contributed by atoms with Gasteiger partial charge in [0.05, 0.1) is 19.6 Å². The van der Waals surface area contributed by atoms with Gasteiger partial charge >= 0.3 is 5.97 Å². The fraction of sp³-hybridized carbons (Fsp3) is 0.429. The molecule has 1 aromatic carbocycles. The number of esters is 1. The summed E-state index contributed by atoms with van der Waals surface area (Å²) in [7, 11) is 1.65. The molecular weight excluding hydrogens is 444 g/mol. The van der Waals surface area contributed by atoms with Crippen molar-refractivity contribution in [3.8, 4) is 5.75 Å². The molecule has 1 amide bonds. The maximum absolute atomic E-state index is 12.7. The smallest absolute Gasteiger partial charge is 0.303 e. The summed E-state index contributed by atoms with van der Waals surface area (Å²) in [6.45, 7) is 7.57. The predicted molar refractivity (Wildman–Crippen MR) is 134 cm³/mol. The lowest BCUT2D eigenvalue weighted by molar-refractivity contribution is -0.186. The molecule has 35 heavy (non-hydrogen) atoms. The van der Waals surface area contributed by atoms with Crippen LogP contribution in [0.4, 0.5) is 0 Å². The summed E-state index contributed by atoms with van der Waals surface area (Å²) in [6, 6.07) is 9.78. The van der Waals surface area contributed by atoms with E-state index in [0.717, 1.165) is 36.4 Å². The lowest BCUT2D eigenvalue weighted by Crippen LogP contribution is -2.68. The average Bonchev–Trinajstić information content (AvgIpc) is 3.37. The Bertz CT molecular complexity index is 1080. The van der Waals surface area contributed by atoms with Gasteiger partial charge in [0.1, 0.15) is 11.4 Å². The molecule has 3 atom stereocenters. The van der Waals surface area contributed by atoms with Gasteiger partial charge in [-0.05, 0) is 62.1 Å². The SMILES string of the molecule is C=CCN1CC[C@@]2(c3cccc(OC)c3)C[C@H](NC(=O)C=Cc3ccoc3)CC[C@]2(OC(C)=O)C1. The zero-order valence-corrected chi connectivity index (χ0v) is 20.5. The van der Waals surface area contributed by atoms with E-state index < -0.39 is 11.0 Å². The number of amides is 1. The molecule has 2 aliphatic rings. The Morgan fingerprint density at radius 3 is 2.89 bits per heavy atom. The quantitative estimate of drug-likeness (QED) is 0.350. The Morgan fingerprint density at radius 1 is 1.31 bits per heavy atom. The third kappa shape index (κ3) is 5.20. The van der Waals surface area contributed by atoms with Gasteiger partial charge in [0.25, 0.3) is 0 Å². The van der Waals surface area contributed by atoms with Gasteiger partial charge in [0.2, 0.25) is 5.91 Å². The molecule has 7 nitrogen and oxygen atoms in total. The fourth-order valence-electron chi connectivity index (χ4n) is 5.86. The van der Waals surface area contributed by atoms with E-state index in [-0.39, 0.29) is 17.9 Å². The first kappa shape index (κ1) is 24.8. The zero-order chi connectivity index (χ0) is 24.9. The molecule has 0 bridgehead atoms. The van der Waals surface area contributed by atoms with E-state index in [4.69, 9.17) is 13.9 Å². The molecule has 7 heteroatoms. The summed E-state index contributed by atoms with van der Waals surface area (Å²) < 4.78 is 16.8. The monoisotopic (exact) mass is 478 g/mol. The average molecular weight is 479 g/mol. The molecule has 186 valence electrons. The van der Waals surface area contributed by atoms with Crippen molar-refractivity contribution in [2.24, 2.45) is 0 Å². The number of piperidine rings is 1. The second kappa shape index (κ2) is 10.5. The van der Waals surface area contributed by atoms with Gasteiger partial charge in [-0.3, -0.25) is 14.5 Å². The van der Waals surface area contributed by atoms with Crippen LogP contribution in [0.3, 0.4) is 0 Å². The number of hydrogen-bond acceptors (Lipinski definition) is 6. The van der Waals surface area contributed by atoms with Crippen molar-refractivity contribution in [1.82, 2.24) is 10.2 Å². The number of nitrogens with zero attached hydrogens (tertiary/aromatic N) is 1. The van der Waals surface area contributed by atoms with Gasteiger partial charge in [-0.25, -0.2) is 0 Å². The van der Waals surface area contributed by atoms with Gasteiger partial charge in [-0.1, -0.05) is 18.2 Å². The van der Waals surface area contributed by atoms with Gasteiger partial charge in [0, 0.05) is 43.1 Å². The summed E-state index contributed by atoms with van der Waals surface area (Å²) in [5.41, 5.74) is 0.736. The Hall–Kier alpha value is -3.32. The highest BCUT2D eigenvalue weighted by Crippen LogP contribution is 2.54. The largest absolute Gasteiger partial charge is 0.497 e. The third-order valence-corrected chi connectivity index (χ3v) is 7.36. The van der Waals surface area contributed by atoms with Crippen LogP contribution in [-0.4, -0.2) is 55.2 Å². The van der Waals surface area contributed by atoms with E-state index >= 15 is 0 Å². The summed E-state index contributed by atoms with van der Waals surface area (Å²) in [6.07, 6.45) is 11.1. The molecule has 1 aliphatic carbocycles. The minimum absolute atomic E-state index is 0.0580. The van der Waals surface area contributed by atoms with Crippen molar-refractivity contribution in [3.63, 3.8) is 0 Å². The number of fused-ring (bicyclic) bond motifs is 1. The number of likely N-dealkylation sites (tertiary alicyclic amines) is 1. The first-order valence-corrected chi connectivity index (χ1v) is 12.1. The Balaban J connectivity index is 1.67. The highest BCUT2D eigenvalue weighted by molar-refractivity contribution is 5.91. The third-order valence-electron chi connectivity index (χ3n) is 7.36. The molecule has 0 radical (unpaired) electrons. The number of furan rings is 1. The van der Waals surface area contributed by atoms with Crippen molar-refractivity contribution in [2.45, 2.75) is 49.7 Å². The molecule has 0 spiro atoms. The number of hydrogen-bond donors (Lipinski definition) is 1. The van der Waals surface area contributed by atoms with E-state index in [2.05, 4.69) is 22.9 Å². The van der Waals surface area contributed by atoms with E-state index in [9.17, 15) is 9.59 Å². The minimum atomic E-state index is -0.708. The Kier molecular flexibility index (Phi) is 7.45. The van der Waals surface area contributed by atoms with Crippen molar-refractivity contribution in [3.05, 3.63) is 72.7 Å². The van der Waals surface area contributed by atoms with Crippen LogP contribution in [0.5, 0.6) is 5.75 Å². The fourth-order valence-corrected chi connectivity index (χ4v) is 5.86. The lowest BCUT2D eigenvalue weighted by atomic mass is 9.55. The van der Waals surface area contributed by atoms with Crippen LogP contribution in [-0.2, 0) is 19.7 Å². The van der Waals surface area contributed by atoms with Crippen LogP contribution < -0.4 is 10.1 Å². The number of nitrogens with one attached hydrogen (secondary N) is 1. The summed E-state index contributed by atoms with van der Waals surface area (Å²) >= 11 is 0. The topological polar surface area (TPSA) is 81.0 Å².